The molecule has 0 unspecified atom stereocenters. The van der Waals surface area contributed by atoms with Gasteiger partial charge in [0, 0.05) is 12.4 Å². The van der Waals surface area contributed by atoms with Crippen molar-refractivity contribution in [3.8, 4) is 0 Å². The number of nitrogens with one attached hydrogen (secondary N) is 1. The second-order valence-electron chi connectivity index (χ2n) is 3.45. The van der Waals surface area contributed by atoms with Gasteiger partial charge in [-0.05, 0) is 25.1 Å². The lowest BCUT2D eigenvalue weighted by Crippen LogP contribution is -2.14. The molecule has 2 aromatic rings. The molecule has 1 N–H and O–H groups in total. The Morgan fingerprint density at radius 1 is 1.35 bits per heavy atom. The van der Waals surface area contributed by atoms with Crippen LogP contribution in [0.1, 0.15) is 16.1 Å². The molecule has 86 valence electrons. The summed E-state index contributed by atoms with van der Waals surface area (Å²) in [5.74, 6) is -1.16. The highest BCUT2D eigenvalue weighted by atomic mass is 19.1. The fraction of sp³-hybridized carbons (Fsp3) is 0.0833. The maximum absolute atomic E-state index is 13.3. The van der Waals surface area contributed by atoms with Crippen LogP contribution in [-0.4, -0.2) is 15.9 Å². The number of carbonyl (C=O) groups excluding carboxylic acids is 1. The number of rotatable bonds is 2. The summed E-state index contributed by atoms with van der Waals surface area (Å²) >= 11 is 0. The number of aromatic nitrogens is 2. The first-order valence-corrected chi connectivity index (χ1v) is 5.01. The highest BCUT2D eigenvalue weighted by molar-refractivity contribution is 6.04. The number of amides is 1. The number of pyridine rings is 2. The standard InChI is InChI=1S/C12H10FN3O/c1-8-11(3-2-5-15-8)16-12(17)9-4-6-14-7-10(9)13/h2-7H,1H3,(H,16,17). The Bertz CT molecular complexity index is 557. The van der Waals surface area contributed by atoms with Crippen LogP contribution in [0.4, 0.5) is 10.1 Å². The zero-order valence-corrected chi connectivity index (χ0v) is 9.14. The zero-order valence-electron chi connectivity index (χ0n) is 9.14. The van der Waals surface area contributed by atoms with Gasteiger partial charge in [0.05, 0.1) is 23.1 Å². The summed E-state index contributed by atoms with van der Waals surface area (Å²) in [5.41, 5.74) is 1.20. The van der Waals surface area contributed by atoms with Crippen LogP contribution in [0.15, 0.2) is 36.8 Å². The molecule has 2 rings (SSSR count). The molecular formula is C12H10FN3O. The van der Waals surface area contributed by atoms with E-state index in [4.69, 9.17) is 0 Å². The molecule has 1 amide bonds. The van der Waals surface area contributed by atoms with Crippen LogP contribution in [-0.2, 0) is 0 Å². The predicted octanol–water partition coefficient (Wildman–Crippen LogP) is 2.18. The van der Waals surface area contributed by atoms with E-state index in [1.54, 1.807) is 25.3 Å². The van der Waals surface area contributed by atoms with Gasteiger partial charge in [0.1, 0.15) is 0 Å². The zero-order chi connectivity index (χ0) is 12.3. The number of hydrogen-bond donors (Lipinski definition) is 1. The fourth-order valence-electron chi connectivity index (χ4n) is 1.37. The maximum Gasteiger partial charge on any atom is 0.258 e. The van der Waals surface area contributed by atoms with Crippen molar-refractivity contribution < 1.29 is 9.18 Å². The number of halogens is 1. The molecule has 0 aliphatic rings. The normalized spacial score (nSPS) is 10.0. The minimum absolute atomic E-state index is 0.0387. The molecule has 0 spiro atoms. The smallest absolute Gasteiger partial charge is 0.258 e. The van der Waals surface area contributed by atoms with Crippen molar-refractivity contribution in [3.63, 3.8) is 0 Å². The average molecular weight is 231 g/mol. The monoisotopic (exact) mass is 231 g/mol. The van der Waals surface area contributed by atoms with Crippen molar-refractivity contribution in [2.24, 2.45) is 0 Å². The Labute approximate surface area is 97.5 Å². The van der Waals surface area contributed by atoms with Gasteiger partial charge in [-0.2, -0.15) is 0 Å². The topological polar surface area (TPSA) is 54.9 Å². The summed E-state index contributed by atoms with van der Waals surface area (Å²) in [6.07, 6.45) is 4.00. The second kappa shape index (κ2) is 4.69. The van der Waals surface area contributed by atoms with Crippen LogP contribution < -0.4 is 5.32 Å². The van der Waals surface area contributed by atoms with Crippen LogP contribution in [0, 0.1) is 12.7 Å². The molecule has 0 fully saturated rings. The predicted molar refractivity (Wildman–Crippen MR) is 61.1 cm³/mol. The minimum Gasteiger partial charge on any atom is -0.320 e. The van der Waals surface area contributed by atoms with E-state index in [1.807, 2.05) is 0 Å². The van der Waals surface area contributed by atoms with Gasteiger partial charge in [0.15, 0.2) is 5.82 Å². The third-order valence-corrected chi connectivity index (χ3v) is 2.27. The number of hydrogen-bond acceptors (Lipinski definition) is 3. The third kappa shape index (κ3) is 2.44. The molecule has 4 nitrogen and oxygen atoms in total. The minimum atomic E-state index is -0.647. The molecule has 2 aromatic heterocycles. The fourth-order valence-corrected chi connectivity index (χ4v) is 1.37. The SMILES string of the molecule is Cc1ncccc1NC(=O)c1ccncc1F. The van der Waals surface area contributed by atoms with E-state index in [0.717, 1.165) is 6.20 Å². The van der Waals surface area contributed by atoms with Gasteiger partial charge in [0.25, 0.3) is 5.91 Å². The van der Waals surface area contributed by atoms with Gasteiger partial charge >= 0.3 is 0 Å². The molecule has 0 radical (unpaired) electrons. The summed E-state index contributed by atoms with van der Waals surface area (Å²) < 4.78 is 13.3. The summed E-state index contributed by atoms with van der Waals surface area (Å²) in [6.45, 7) is 1.76. The molecule has 0 saturated carbocycles. The van der Waals surface area contributed by atoms with Crippen LogP contribution in [0.5, 0.6) is 0 Å². The molecule has 2 heterocycles. The first-order chi connectivity index (χ1) is 8.18. The van der Waals surface area contributed by atoms with Gasteiger partial charge in [-0.1, -0.05) is 0 Å². The van der Waals surface area contributed by atoms with Crippen LogP contribution >= 0.6 is 0 Å². The molecule has 0 saturated heterocycles. The average Bonchev–Trinajstić information content (AvgIpc) is 2.32. The summed E-state index contributed by atoms with van der Waals surface area (Å²) in [6, 6.07) is 4.74. The maximum atomic E-state index is 13.3. The van der Waals surface area contributed by atoms with Crippen molar-refractivity contribution in [1.82, 2.24) is 9.97 Å². The Kier molecular flexibility index (Phi) is 3.09. The Morgan fingerprint density at radius 2 is 2.18 bits per heavy atom. The second-order valence-corrected chi connectivity index (χ2v) is 3.45. The first kappa shape index (κ1) is 11.2. The van der Waals surface area contributed by atoms with E-state index >= 15 is 0 Å². The largest absolute Gasteiger partial charge is 0.320 e. The Balaban J connectivity index is 2.24. The van der Waals surface area contributed by atoms with Gasteiger partial charge < -0.3 is 5.32 Å². The van der Waals surface area contributed by atoms with E-state index in [2.05, 4.69) is 15.3 Å². The number of aryl methyl sites for hydroxylation is 1. The van der Waals surface area contributed by atoms with E-state index in [9.17, 15) is 9.18 Å². The Morgan fingerprint density at radius 3 is 2.88 bits per heavy atom. The van der Waals surface area contributed by atoms with Gasteiger partial charge in [0.2, 0.25) is 0 Å². The van der Waals surface area contributed by atoms with Crippen LogP contribution in [0.2, 0.25) is 0 Å². The molecule has 0 aliphatic carbocycles. The number of nitrogens with zero attached hydrogens (tertiary/aromatic N) is 2. The van der Waals surface area contributed by atoms with Crippen LogP contribution in [0.3, 0.4) is 0 Å². The van der Waals surface area contributed by atoms with Crippen LogP contribution in [0.25, 0.3) is 0 Å². The first-order valence-electron chi connectivity index (χ1n) is 5.01. The van der Waals surface area contributed by atoms with Crippen molar-refractivity contribution in [2.45, 2.75) is 6.92 Å². The highest BCUT2D eigenvalue weighted by Gasteiger charge is 2.12. The Hall–Kier alpha value is -2.30. The van der Waals surface area contributed by atoms with E-state index < -0.39 is 11.7 Å². The van der Waals surface area contributed by atoms with Crippen molar-refractivity contribution in [3.05, 3.63) is 53.9 Å². The molecular weight excluding hydrogens is 221 g/mol. The van der Waals surface area contributed by atoms with Crippen molar-refractivity contribution >= 4 is 11.6 Å². The van der Waals surface area contributed by atoms with E-state index in [1.165, 1.54) is 12.3 Å². The molecule has 0 aromatic carbocycles. The molecule has 5 heteroatoms. The highest BCUT2D eigenvalue weighted by Crippen LogP contribution is 2.13. The molecule has 0 aliphatic heterocycles. The van der Waals surface area contributed by atoms with Gasteiger partial charge in [-0.15, -0.1) is 0 Å². The van der Waals surface area contributed by atoms with Gasteiger partial charge in [-0.25, -0.2) is 4.39 Å². The number of anilines is 1. The summed E-state index contributed by atoms with van der Waals surface area (Å²) in [7, 11) is 0. The van der Waals surface area contributed by atoms with Crippen molar-refractivity contribution in [2.75, 3.05) is 5.32 Å². The lowest BCUT2D eigenvalue weighted by atomic mass is 10.2. The molecule has 0 atom stereocenters. The number of carbonyl (C=O) groups is 1. The van der Waals surface area contributed by atoms with E-state index in [-0.39, 0.29) is 5.56 Å². The van der Waals surface area contributed by atoms with E-state index in [0.29, 0.717) is 11.4 Å². The summed E-state index contributed by atoms with van der Waals surface area (Å²) in [5, 5.41) is 2.60. The summed E-state index contributed by atoms with van der Waals surface area (Å²) in [4.78, 5) is 19.4. The lowest BCUT2D eigenvalue weighted by Gasteiger charge is -2.07. The molecule has 17 heavy (non-hydrogen) atoms. The third-order valence-electron chi connectivity index (χ3n) is 2.27. The lowest BCUT2D eigenvalue weighted by molar-refractivity contribution is 0.102. The molecule has 0 bridgehead atoms. The van der Waals surface area contributed by atoms with Gasteiger partial charge in [-0.3, -0.25) is 14.8 Å². The van der Waals surface area contributed by atoms with Crippen molar-refractivity contribution in [1.29, 1.82) is 0 Å². The quantitative estimate of drug-likeness (QED) is 0.861.